The van der Waals surface area contributed by atoms with E-state index in [2.05, 4.69) is 15.3 Å². The number of imidazole rings is 2. The van der Waals surface area contributed by atoms with E-state index in [1.807, 2.05) is 47.8 Å². The summed E-state index contributed by atoms with van der Waals surface area (Å²) in [5, 5.41) is 3.09. The Morgan fingerprint density at radius 3 is 2.12 bits per heavy atom. The average molecular weight is 462 g/mol. The van der Waals surface area contributed by atoms with Gasteiger partial charge in [-0.3, -0.25) is 4.79 Å². The number of carbonyl (C=O) groups is 1. The molecule has 0 aliphatic carbocycles. The van der Waals surface area contributed by atoms with E-state index in [1.54, 1.807) is 56.9 Å². The Morgan fingerprint density at radius 2 is 1.56 bits per heavy atom. The molecular weight excluding hydrogens is 434 g/mol. The third-order valence-corrected chi connectivity index (χ3v) is 5.50. The van der Waals surface area contributed by atoms with Crippen LogP contribution in [0.4, 0.5) is 0 Å². The molecule has 2 heterocycles. The van der Waals surface area contributed by atoms with Gasteiger partial charge in [0.15, 0.2) is 0 Å². The molecule has 1 N–H and O–H groups in total. The van der Waals surface area contributed by atoms with Crippen LogP contribution in [0.5, 0.6) is 17.2 Å². The van der Waals surface area contributed by atoms with Gasteiger partial charge in [-0.2, -0.15) is 0 Å². The minimum Gasteiger partial charge on any atom is -0.497 e. The van der Waals surface area contributed by atoms with Gasteiger partial charge in [0, 0.05) is 50.5 Å². The van der Waals surface area contributed by atoms with Crippen molar-refractivity contribution in [2.24, 2.45) is 14.1 Å². The van der Waals surface area contributed by atoms with Crippen LogP contribution in [0.2, 0.25) is 0 Å². The van der Waals surface area contributed by atoms with E-state index in [0.29, 0.717) is 35.2 Å². The second-order valence-electron chi connectivity index (χ2n) is 7.72. The number of hydrogen-bond donors (Lipinski definition) is 1. The van der Waals surface area contributed by atoms with Crippen LogP contribution in [0.25, 0.3) is 0 Å². The molecule has 0 aliphatic rings. The molecule has 0 fully saturated rings. The number of amides is 1. The predicted molar refractivity (Wildman–Crippen MR) is 126 cm³/mol. The third kappa shape index (κ3) is 5.03. The van der Waals surface area contributed by atoms with Crippen molar-refractivity contribution < 1.29 is 19.0 Å². The number of ether oxygens (including phenoxy) is 3. The molecule has 176 valence electrons. The van der Waals surface area contributed by atoms with Gasteiger partial charge >= 0.3 is 0 Å². The Kier molecular flexibility index (Phi) is 6.82. The minimum atomic E-state index is -0.518. The first-order chi connectivity index (χ1) is 16.5. The van der Waals surface area contributed by atoms with Crippen LogP contribution in [-0.4, -0.2) is 39.2 Å². The fourth-order valence-electron chi connectivity index (χ4n) is 3.55. The van der Waals surface area contributed by atoms with Crippen molar-refractivity contribution in [3.8, 4) is 17.2 Å². The summed E-state index contributed by atoms with van der Waals surface area (Å²) in [6, 6.07) is 12.0. The van der Waals surface area contributed by atoms with Crippen molar-refractivity contribution in [3.63, 3.8) is 0 Å². The quantitative estimate of drug-likeness (QED) is 0.411. The Balaban J connectivity index is 1.54. The van der Waals surface area contributed by atoms with E-state index in [9.17, 15) is 4.79 Å². The lowest BCUT2D eigenvalue weighted by Crippen LogP contribution is -2.31. The summed E-state index contributed by atoms with van der Waals surface area (Å²) in [6.45, 7) is 0.341. The number of aromatic nitrogens is 4. The molecule has 9 heteroatoms. The summed E-state index contributed by atoms with van der Waals surface area (Å²) in [4.78, 5) is 21.9. The van der Waals surface area contributed by atoms with Gasteiger partial charge in [0.05, 0.1) is 14.2 Å². The molecule has 0 radical (unpaired) electrons. The van der Waals surface area contributed by atoms with E-state index >= 15 is 0 Å². The van der Waals surface area contributed by atoms with Crippen LogP contribution < -0.4 is 19.5 Å². The van der Waals surface area contributed by atoms with Crippen LogP contribution >= 0.6 is 0 Å². The molecule has 0 aliphatic heterocycles. The van der Waals surface area contributed by atoms with Gasteiger partial charge in [0.25, 0.3) is 5.91 Å². The molecule has 4 aromatic rings. The lowest BCUT2D eigenvalue weighted by Gasteiger charge is -2.20. The van der Waals surface area contributed by atoms with Gasteiger partial charge in [-0.15, -0.1) is 0 Å². The number of aryl methyl sites for hydroxylation is 2. The topological polar surface area (TPSA) is 92.4 Å². The van der Waals surface area contributed by atoms with Crippen molar-refractivity contribution in [1.82, 2.24) is 24.4 Å². The van der Waals surface area contributed by atoms with Gasteiger partial charge in [-0.05, 0) is 42.0 Å². The summed E-state index contributed by atoms with van der Waals surface area (Å²) in [7, 11) is 6.97. The van der Waals surface area contributed by atoms with Crippen molar-refractivity contribution in [2.75, 3.05) is 14.2 Å². The standard InChI is InChI=1S/C25H27N5O4/c1-29-11-9-26-22(29)16-34-19-7-5-17(6-8-19)25(31)28-23(24-27-10-12-30(24)2)18-13-20(32-3)15-21(14-18)33-4/h5-15,23H,16H2,1-4H3,(H,28,31). The van der Waals surface area contributed by atoms with E-state index in [4.69, 9.17) is 14.2 Å². The third-order valence-electron chi connectivity index (χ3n) is 5.50. The van der Waals surface area contributed by atoms with E-state index in [0.717, 1.165) is 11.4 Å². The molecule has 0 bridgehead atoms. The molecule has 9 nitrogen and oxygen atoms in total. The molecule has 1 unspecified atom stereocenters. The van der Waals surface area contributed by atoms with Crippen LogP contribution in [0.3, 0.4) is 0 Å². The maximum atomic E-state index is 13.2. The first-order valence-corrected chi connectivity index (χ1v) is 10.7. The summed E-state index contributed by atoms with van der Waals surface area (Å²) in [5.74, 6) is 3.14. The molecular formula is C25H27N5O4. The van der Waals surface area contributed by atoms with Gasteiger partial charge < -0.3 is 28.7 Å². The Labute approximate surface area is 197 Å². The molecule has 4 rings (SSSR count). The summed E-state index contributed by atoms with van der Waals surface area (Å²) in [6.07, 6.45) is 7.11. The van der Waals surface area contributed by atoms with Crippen LogP contribution in [0, 0.1) is 0 Å². The molecule has 0 spiro atoms. The summed E-state index contributed by atoms with van der Waals surface area (Å²) >= 11 is 0. The highest BCUT2D eigenvalue weighted by Gasteiger charge is 2.23. The van der Waals surface area contributed by atoms with E-state index in [-0.39, 0.29) is 5.91 Å². The van der Waals surface area contributed by atoms with Crippen LogP contribution in [-0.2, 0) is 20.7 Å². The lowest BCUT2D eigenvalue weighted by atomic mass is 10.0. The van der Waals surface area contributed by atoms with Gasteiger partial charge in [-0.1, -0.05) is 0 Å². The average Bonchev–Trinajstić information content (AvgIpc) is 3.48. The molecule has 0 saturated carbocycles. The highest BCUT2D eigenvalue weighted by atomic mass is 16.5. The molecule has 0 saturated heterocycles. The van der Waals surface area contributed by atoms with Crippen molar-refractivity contribution in [1.29, 1.82) is 0 Å². The first-order valence-electron chi connectivity index (χ1n) is 10.7. The summed E-state index contributed by atoms with van der Waals surface area (Å²) in [5.41, 5.74) is 1.28. The highest BCUT2D eigenvalue weighted by molar-refractivity contribution is 5.94. The second-order valence-corrected chi connectivity index (χ2v) is 7.72. The monoisotopic (exact) mass is 461 g/mol. The van der Waals surface area contributed by atoms with Gasteiger partial charge in [0.1, 0.15) is 41.5 Å². The zero-order chi connectivity index (χ0) is 24.1. The normalized spacial score (nSPS) is 11.6. The lowest BCUT2D eigenvalue weighted by molar-refractivity contribution is 0.0941. The van der Waals surface area contributed by atoms with Crippen molar-refractivity contribution in [2.45, 2.75) is 12.6 Å². The van der Waals surface area contributed by atoms with Crippen LogP contribution in [0.15, 0.2) is 67.3 Å². The number of carbonyl (C=O) groups excluding carboxylic acids is 1. The SMILES string of the molecule is COc1cc(OC)cc(C(NC(=O)c2ccc(OCc3nccn3C)cc2)c2nccn2C)c1. The molecule has 1 amide bonds. The Bertz CT molecular complexity index is 1240. The predicted octanol–water partition coefficient (Wildman–Crippen LogP) is 3.27. The van der Waals surface area contributed by atoms with Crippen molar-refractivity contribution >= 4 is 5.91 Å². The van der Waals surface area contributed by atoms with E-state index < -0.39 is 6.04 Å². The highest BCUT2D eigenvalue weighted by Crippen LogP contribution is 2.29. The minimum absolute atomic E-state index is 0.245. The van der Waals surface area contributed by atoms with Gasteiger partial charge in [-0.25, -0.2) is 9.97 Å². The smallest absolute Gasteiger partial charge is 0.252 e. The number of nitrogens with zero attached hydrogens (tertiary/aromatic N) is 4. The van der Waals surface area contributed by atoms with Crippen LogP contribution in [0.1, 0.15) is 33.6 Å². The number of methoxy groups -OCH3 is 2. The number of nitrogens with one attached hydrogen (secondary N) is 1. The largest absolute Gasteiger partial charge is 0.497 e. The fourth-order valence-corrected chi connectivity index (χ4v) is 3.55. The van der Waals surface area contributed by atoms with Gasteiger partial charge in [0.2, 0.25) is 0 Å². The van der Waals surface area contributed by atoms with E-state index in [1.165, 1.54) is 0 Å². The maximum absolute atomic E-state index is 13.2. The number of hydrogen-bond acceptors (Lipinski definition) is 6. The zero-order valence-corrected chi connectivity index (χ0v) is 19.6. The molecule has 1 atom stereocenters. The molecule has 34 heavy (non-hydrogen) atoms. The second kappa shape index (κ2) is 10.1. The van der Waals surface area contributed by atoms with Crippen molar-refractivity contribution in [3.05, 3.63) is 90.0 Å². The first kappa shape index (κ1) is 22.9. The maximum Gasteiger partial charge on any atom is 0.252 e. The molecule has 2 aromatic carbocycles. The number of benzene rings is 2. The fraction of sp³-hybridized carbons (Fsp3) is 0.240. The Morgan fingerprint density at radius 1 is 0.912 bits per heavy atom. The molecule has 2 aromatic heterocycles. The Hall–Kier alpha value is -4.27. The number of rotatable bonds is 9. The zero-order valence-electron chi connectivity index (χ0n) is 19.6. The summed E-state index contributed by atoms with van der Waals surface area (Å²) < 4.78 is 20.4.